The summed E-state index contributed by atoms with van der Waals surface area (Å²) in [5.74, 6) is 0. The summed E-state index contributed by atoms with van der Waals surface area (Å²) >= 11 is 3.36. The number of halogens is 1. The molecule has 0 spiro atoms. The van der Waals surface area contributed by atoms with Crippen LogP contribution < -0.4 is 5.73 Å². The van der Waals surface area contributed by atoms with Crippen LogP contribution in [0.2, 0.25) is 0 Å². The zero-order valence-electron chi connectivity index (χ0n) is 12.2. The van der Waals surface area contributed by atoms with Gasteiger partial charge in [0.15, 0.2) is 0 Å². The third kappa shape index (κ3) is 4.06. The van der Waals surface area contributed by atoms with Gasteiger partial charge in [0.05, 0.1) is 4.90 Å². The van der Waals surface area contributed by atoms with Crippen LogP contribution in [0.15, 0.2) is 33.6 Å². The van der Waals surface area contributed by atoms with Gasteiger partial charge in [0, 0.05) is 17.1 Å². The summed E-state index contributed by atoms with van der Waals surface area (Å²) in [5, 5.41) is 0. The largest absolute Gasteiger partial charge is 0.330 e. The molecule has 0 heterocycles. The van der Waals surface area contributed by atoms with Crippen LogP contribution in [-0.2, 0) is 10.0 Å². The smallest absolute Gasteiger partial charge is 0.244 e. The minimum Gasteiger partial charge on any atom is -0.330 e. The summed E-state index contributed by atoms with van der Waals surface area (Å²) in [5.41, 5.74) is 5.59. The van der Waals surface area contributed by atoms with Gasteiger partial charge in [0.25, 0.3) is 0 Å². The van der Waals surface area contributed by atoms with Gasteiger partial charge in [-0.1, -0.05) is 31.4 Å². The Kier molecular flexibility index (Phi) is 6.22. The summed E-state index contributed by atoms with van der Waals surface area (Å²) in [6.45, 7) is 1.01. The van der Waals surface area contributed by atoms with Crippen LogP contribution in [0.3, 0.4) is 0 Å². The van der Waals surface area contributed by atoms with E-state index in [0.717, 1.165) is 25.7 Å². The van der Waals surface area contributed by atoms with Crippen molar-refractivity contribution in [1.82, 2.24) is 4.31 Å². The molecule has 0 aromatic heterocycles. The first kappa shape index (κ1) is 16.9. The van der Waals surface area contributed by atoms with Crippen molar-refractivity contribution >= 4 is 26.0 Å². The lowest BCUT2D eigenvalue weighted by Crippen LogP contribution is -2.42. The van der Waals surface area contributed by atoms with E-state index in [1.54, 1.807) is 22.5 Å². The Balaban J connectivity index is 2.32. The topological polar surface area (TPSA) is 63.4 Å². The van der Waals surface area contributed by atoms with Crippen LogP contribution >= 0.6 is 15.9 Å². The van der Waals surface area contributed by atoms with E-state index in [2.05, 4.69) is 15.9 Å². The van der Waals surface area contributed by atoms with Gasteiger partial charge in [-0.3, -0.25) is 0 Å². The Labute approximate surface area is 135 Å². The molecule has 2 rings (SSSR count). The van der Waals surface area contributed by atoms with Crippen LogP contribution in [0.25, 0.3) is 0 Å². The highest BCUT2D eigenvalue weighted by atomic mass is 79.9. The van der Waals surface area contributed by atoms with E-state index in [0.29, 0.717) is 28.9 Å². The van der Waals surface area contributed by atoms with Crippen molar-refractivity contribution in [2.24, 2.45) is 5.73 Å². The molecule has 0 bridgehead atoms. The quantitative estimate of drug-likeness (QED) is 0.831. The normalized spacial score (nSPS) is 17.3. The maximum absolute atomic E-state index is 13.0. The summed E-state index contributed by atoms with van der Waals surface area (Å²) in [7, 11) is -3.47. The van der Waals surface area contributed by atoms with Crippen LogP contribution in [-0.4, -0.2) is 31.9 Å². The fourth-order valence-corrected chi connectivity index (χ4v) is 5.58. The lowest BCUT2D eigenvalue weighted by Gasteiger charge is -2.33. The van der Waals surface area contributed by atoms with Gasteiger partial charge < -0.3 is 5.73 Å². The fourth-order valence-electron chi connectivity index (χ4n) is 2.90. The summed E-state index contributed by atoms with van der Waals surface area (Å²) < 4.78 is 28.3. The van der Waals surface area contributed by atoms with E-state index in [-0.39, 0.29) is 6.04 Å². The monoisotopic (exact) mass is 374 g/mol. The molecule has 0 radical (unpaired) electrons. The summed E-state index contributed by atoms with van der Waals surface area (Å²) in [4.78, 5) is 0.354. The van der Waals surface area contributed by atoms with E-state index < -0.39 is 10.0 Å². The molecule has 0 unspecified atom stereocenters. The second kappa shape index (κ2) is 7.72. The molecule has 118 valence electrons. The standard InChI is InChI=1S/C15H23BrN2O2S/c16-14-9-4-5-10-15(14)21(19,20)18(12-6-11-17)13-7-2-1-3-8-13/h4-5,9-10,13H,1-3,6-8,11-12,17H2. The molecule has 1 aromatic carbocycles. The molecule has 1 aliphatic carbocycles. The summed E-state index contributed by atoms with van der Waals surface area (Å²) in [6, 6.07) is 7.14. The maximum atomic E-state index is 13.0. The number of nitrogens with zero attached hydrogens (tertiary/aromatic N) is 1. The molecular formula is C15H23BrN2O2S. The molecule has 0 saturated heterocycles. The van der Waals surface area contributed by atoms with Gasteiger partial charge in [-0.25, -0.2) is 8.42 Å². The highest BCUT2D eigenvalue weighted by Crippen LogP contribution is 2.30. The predicted molar refractivity (Wildman–Crippen MR) is 88.6 cm³/mol. The van der Waals surface area contributed by atoms with Gasteiger partial charge in [-0.2, -0.15) is 4.31 Å². The lowest BCUT2D eigenvalue weighted by molar-refractivity contribution is 0.252. The molecule has 1 aromatic rings. The predicted octanol–water partition coefficient (Wildman–Crippen LogP) is 3.12. The molecule has 0 atom stereocenters. The van der Waals surface area contributed by atoms with Crippen molar-refractivity contribution in [2.45, 2.75) is 49.5 Å². The number of hydrogen-bond donors (Lipinski definition) is 1. The Bertz CT molecular complexity index is 557. The molecule has 1 saturated carbocycles. The average molecular weight is 375 g/mol. The zero-order valence-corrected chi connectivity index (χ0v) is 14.6. The molecule has 0 aliphatic heterocycles. The van der Waals surface area contributed by atoms with Crippen LogP contribution in [0, 0.1) is 0 Å². The minimum absolute atomic E-state index is 0.113. The molecule has 6 heteroatoms. The second-order valence-electron chi connectivity index (χ2n) is 5.48. The third-order valence-corrected chi connectivity index (χ3v) is 6.95. The first-order valence-electron chi connectivity index (χ1n) is 7.54. The van der Waals surface area contributed by atoms with Gasteiger partial charge in [-0.15, -0.1) is 0 Å². The van der Waals surface area contributed by atoms with Crippen LogP contribution in [0.4, 0.5) is 0 Å². The van der Waals surface area contributed by atoms with Gasteiger partial charge in [0.2, 0.25) is 10.0 Å². The van der Waals surface area contributed by atoms with Crippen molar-refractivity contribution in [1.29, 1.82) is 0 Å². The van der Waals surface area contributed by atoms with Gasteiger partial charge in [-0.05, 0) is 53.9 Å². The van der Waals surface area contributed by atoms with E-state index in [9.17, 15) is 8.42 Å². The van der Waals surface area contributed by atoms with Crippen molar-refractivity contribution in [2.75, 3.05) is 13.1 Å². The fraction of sp³-hybridized carbons (Fsp3) is 0.600. The molecule has 1 aliphatic rings. The molecule has 4 nitrogen and oxygen atoms in total. The maximum Gasteiger partial charge on any atom is 0.244 e. The first-order valence-corrected chi connectivity index (χ1v) is 9.77. The summed E-state index contributed by atoms with van der Waals surface area (Å²) in [6.07, 6.45) is 6.02. The third-order valence-electron chi connectivity index (χ3n) is 3.99. The average Bonchev–Trinajstić information content (AvgIpc) is 2.49. The number of rotatable bonds is 6. The zero-order chi connectivity index (χ0) is 15.3. The number of hydrogen-bond acceptors (Lipinski definition) is 3. The molecular weight excluding hydrogens is 352 g/mol. The van der Waals surface area contributed by atoms with Crippen molar-refractivity contribution in [3.8, 4) is 0 Å². The second-order valence-corrected chi connectivity index (χ2v) is 8.19. The molecule has 2 N–H and O–H groups in total. The minimum atomic E-state index is -3.47. The van der Waals surface area contributed by atoms with E-state index in [1.807, 2.05) is 6.07 Å². The number of sulfonamides is 1. The van der Waals surface area contributed by atoms with Crippen molar-refractivity contribution in [3.05, 3.63) is 28.7 Å². The van der Waals surface area contributed by atoms with Gasteiger partial charge in [0.1, 0.15) is 0 Å². The Morgan fingerprint density at radius 1 is 1.19 bits per heavy atom. The number of benzene rings is 1. The molecule has 0 amide bonds. The van der Waals surface area contributed by atoms with Crippen molar-refractivity contribution < 1.29 is 8.42 Å². The SMILES string of the molecule is NCCCN(C1CCCCC1)S(=O)(=O)c1ccccc1Br. The Morgan fingerprint density at radius 3 is 2.48 bits per heavy atom. The van der Waals surface area contributed by atoms with E-state index in [4.69, 9.17) is 5.73 Å². The van der Waals surface area contributed by atoms with Crippen molar-refractivity contribution in [3.63, 3.8) is 0 Å². The van der Waals surface area contributed by atoms with E-state index >= 15 is 0 Å². The molecule has 1 fully saturated rings. The van der Waals surface area contributed by atoms with Crippen LogP contribution in [0.1, 0.15) is 38.5 Å². The molecule has 21 heavy (non-hydrogen) atoms. The highest BCUT2D eigenvalue weighted by Gasteiger charge is 2.32. The Hall–Kier alpha value is -0.430. The van der Waals surface area contributed by atoms with Gasteiger partial charge >= 0.3 is 0 Å². The first-order chi connectivity index (χ1) is 10.1. The highest BCUT2D eigenvalue weighted by molar-refractivity contribution is 9.10. The lowest BCUT2D eigenvalue weighted by atomic mass is 9.95. The van der Waals surface area contributed by atoms with E-state index in [1.165, 1.54) is 6.42 Å². The van der Waals surface area contributed by atoms with Crippen LogP contribution in [0.5, 0.6) is 0 Å². The Morgan fingerprint density at radius 2 is 1.86 bits per heavy atom. The number of nitrogens with two attached hydrogens (primary N) is 1.